The summed E-state index contributed by atoms with van der Waals surface area (Å²) < 4.78 is 0. The number of benzene rings is 1. The summed E-state index contributed by atoms with van der Waals surface area (Å²) in [6.45, 7) is 5.41. The highest BCUT2D eigenvalue weighted by Crippen LogP contribution is 2.39. The largest absolute Gasteiger partial charge is 0.327 e. The van der Waals surface area contributed by atoms with E-state index in [1.807, 2.05) is 18.2 Å². The van der Waals surface area contributed by atoms with E-state index in [1.54, 1.807) is 4.90 Å². The Morgan fingerprint density at radius 1 is 1.30 bits per heavy atom. The summed E-state index contributed by atoms with van der Waals surface area (Å²) in [7, 11) is 0. The lowest BCUT2D eigenvalue weighted by atomic mass is 9.63. The molecule has 1 saturated carbocycles. The number of carbonyl (C=O) groups is 3. The molecular formula is C20H26N4O3. The Bertz CT molecular complexity index is 819. The zero-order valence-corrected chi connectivity index (χ0v) is 15.7. The van der Waals surface area contributed by atoms with E-state index in [4.69, 9.17) is 5.73 Å². The average Bonchev–Trinajstić information content (AvgIpc) is 2.96. The van der Waals surface area contributed by atoms with E-state index in [1.165, 1.54) is 0 Å². The van der Waals surface area contributed by atoms with Gasteiger partial charge in [0.1, 0.15) is 6.04 Å². The maximum atomic E-state index is 12.9. The molecular weight excluding hydrogens is 344 g/mol. The lowest BCUT2D eigenvalue weighted by molar-refractivity contribution is -0.136. The van der Waals surface area contributed by atoms with E-state index >= 15 is 0 Å². The normalized spacial score (nSPS) is 29.4. The average molecular weight is 370 g/mol. The van der Waals surface area contributed by atoms with Gasteiger partial charge in [-0.15, -0.1) is 0 Å². The topological polar surface area (TPSA) is 105 Å². The second-order valence-electron chi connectivity index (χ2n) is 8.44. The van der Waals surface area contributed by atoms with E-state index in [0.717, 1.165) is 17.5 Å². The fourth-order valence-electron chi connectivity index (χ4n) is 4.35. The maximum Gasteiger partial charge on any atom is 0.255 e. The smallest absolute Gasteiger partial charge is 0.255 e. The SMILES string of the molecule is CC1(C)C(N)CC1NCc1cccc2c1CN(C1CCC(=O)NC1=O)C2=O. The van der Waals surface area contributed by atoms with Crippen LogP contribution < -0.4 is 16.4 Å². The molecule has 1 aromatic carbocycles. The first-order valence-corrected chi connectivity index (χ1v) is 9.53. The molecule has 3 atom stereocenters. The summed E-state index contributed by atoms with van der Waals surface area (Å²) in [5.74, 6) is -0.781. The lowest BCUT2D eigenvalue weighted by Crippen LogP contribution is -2.63. The molecule has 4 N–H and O–H groups in total. The zero-order valence-electron chi connectivity index (χ0n) is 15.7. The molecule has 2 fully saturated rings. The predicted molar refractivity (Wildman–Crippen MR) is 99.5 cm³/mol. The third-order valence-corrected chi connectivity index (χ3v) is 6.56. The Morgan fingerprint density at radius 2 is 2.07 bits per heavy atom. The molecule has 7 nitrogen and oxygen atoms in total. The quantitative estimate of drug-likeness (QED) is 0.676. The van der Waals surface area contributed by atoms with Crippen LogP contribution in [0.1, 0.15) is 54.6 Å². The van der Waals surface area contributed by atoms with Crippen LogP contribution in [0.25, 0.3) is 0 Å². The van der Waals surface area contributed by atoms with Crippen LogP contribution in [0.15, 0.2) is 18.2 Å². The van der Waals surface area contributed by atoms with E-state index in [0.29, 0.717) is 31.1 Å². The van der Waals surface area contributed by atoms with Gasteiger partial charge in [0, 0.05) is 37.2 Å². The minimum absolute atomic E-state index is 0.0620. The van der Waals surface area contributed by atoms with Gasteiger partial charge >= 0.3 is 0 Å². The van der Waals surface area contributed by atoms with Crippen molar-refractivity contribution in [2.75, 3.05) is 0 Å². The molecule has 0 spiro atoms. The highest BCUT2D eigenvalue weighted by molar-refractivity contribution is 6.05. The summed E-state index contributed by atoms with van der Waals surface area (Å²) in [5.41, 5.74) is 8.86. The third kappa shape index (κ3) is 2.95. The molecule has 0 bridgehead atoms. The Balaban J connectivity index is 1.49. The van der Waals surface area contributed by atoms with Crippen LogP contribution in [-0.4, -0.2) is 40.7 Å². The first-order valence-electron chi connectivity index (χ1n) is 9.53. The van der Waals surface area contributed by atoms with Crippen molar-refractivity contribution in [3.63, 3.8) is 0 Å². The van der Waals surface area contributed by atoms with Crippen molar-refractivity contribution in [3.8, 4) is 0 Å². The molecule has 144 valence electrons. The van der Waals surface area contributed by atoms with Gasteiger partial charge in [0.25, 0.3) is 5.91 Å². The number of imide groups is 1. The van der Waals surface area contributed by atoms with E-state index in [2.05, 4.69) is 24.5 Å². The van der Waals surface area contributed by atoms with Gasteiger partial charge < -0.3 is 16.0 Å². The Kier molecular flexibility index (Phi) is 4.31. The number of nitrogens with one attached hydrogen (secondary N) is 2. The van der Waals surface area contributed by atoms with Gasteiger partial charge in [-0.2, -0.15) is 0 Å². The number of nitrogens with two attached hydrogens (primary N) is 1. The van der Waals surface area contributed by atoms with Crippen molar-refractivity contribution in [3.05, 3.63) is 34.9 Å². The first-order chi connectivity index (χ1) is 12.8. The van der Waals surface area contributed by atoms with E-state index in [9.17, 15) is 14.4 Å². The van der Waals surface area contributed by atoms with Crippen LogP contribution in [-0.2, 0) is 22.7 Å². The molecule has 1 aliphatic carbocycles. The van der Waals surface area contributed by atoms with Crippen molar-refractivity contribution >= 4 is 17.7 Å². The van der Waals surface area contributed by atoms with Crippen LogP contribution in [0.3, 0.4) is 0 Å². The highest BCUT2D eigenvalue weighted by Gasteiger charge is 2.46. The fraction of sp³-hybridized carbons (Fsp3) is 0.550. The number of piperidine rings is 1. The summed E-state index contributed by atoms with van der Waals surface area (Å²) >= 11 is 0. The second-order valence-corrected chi connectivity index (χ2v) is 8.44. The Labute approximate surface area is 158 Å². The van der Waals surface area contributed by atoms with Crippen molar-refractivity contribution in [1.82, 2.24) is 15.5 Å². The number of nitrogens with zero attached hydrogens (tertiary/aromatic N) is 1. The second kappa shape index (κ2) is 6.42. The first kappa shape index (κ1) is 18.1. The molecule has 2 aliphatic heterocycles. The summed E-state index contributed by atoms with van der Waals surface area (Å²) in [4.78, 5) is 38.0. The summed E-state index contributed by atoms with van der Waals surface area (Å²) in [6.07, 6.45) is 1.59. The lowest BCUT2D eigenvalue weighted by Gasteiger charge is -2.50. The maximum absolute atomic E-state index is 12.9. The van der Waals surface area contributed by atoms with Gasteiger partial charge in [-0.3, -0.25) is 19.7 Å². The van der Waals surface area contributed by atoms with Crippen LogP contribution in [0, 0.1) is 5.41 Å². The fourth-order valence-corrected chi connectivity index (χ4v) is 4.35. The standard InChI is InChI=1S/C20H26N4O3/c1-20(2)15(21)8-16(20)22-9-11-4-3-5-12-13(11)10-24(19(12)27)14-6-7-17(25)23-18(14)26/h3-5,14-16,22H,6-10,21H2,1-2H3,(H,23,25,26). The van der Waals surface area contributed by atoms with E-state index in [-0.39, 0.29) is 35.6 Å². The minimum Gasteiger partial charge on any atom is -0.327 e. The van der Waals surface area contributed by atoms with Gasteiger partial charge in [0.2, 0.25) is 11.8 Å². The van der Waals surface area contributed by atoms with Gasteiger partial charge in [-0.25, -0.2) is 0 Å². The van der Waals surface area contributed by atoms with Gasteiger partial charge in [-0.1, -0.05) is 26.0 Å². The molecule has 1 saturated heterocycles. The number of hydrogen-bond donors (Lipinski definition) is 3. The zero-order chi connectivity index (χ0) is 19.3. The number of carbonyl (C=O) groups excluding carboxylic acids is 3. The van der Waals surface area contributed by atoms with Crippen molar-refractivity contribution in [2.45, 2.75) is 64.3 Å². The molecule has 7 heteroatoms. The van der Waals surface area contributed by atoms with Crippen LogP contribution in [0.4, 0.5) is 0 Å². The van der Waals surface area contributed by atoms with Crippen LogP contribution >= 0.6 is 0 Å². The van der Waals surface area contributed by atoms with Crippen molar-refractivity contribution in [1.29, 1.82) is 0 Å². The van der Waals surface area contributed by atoms with E-state index < -0.39 is 6.04 Å². The number of hydrogen-bond acceptors (Lipinski definition) is 5. The summed E-state index contributed by atoms with van der Waals surface area (Å²) in [5, 5.41) is 5.92. The molecule has 3 aliphatic rings. The van der Waals surface area contributed by atoms with Gasteiger partial charge in [-0.05, 0) is 35.4 Å². The molecule has 0 radical (unpaired) electrons. The molecule has 3 amide bonds. The monoisotopic (exact) mass is 370 g/mol. The van der Waals surface area contributed by atoms with Gasteiger partial charge in [0.15, 0.2) is 0 Å². The molecule has 3 unspecified atom stereocenters. The van der Waals surface area contributed by atoms with Crippen molar-refractivity contribution < 1.29 is 14.4 Å². The molecule has 0 aromatic heterocycles. The van der Waals surface area contributed by atoms with Crippen LogP contribution in [0.2, 0.25) is 0 Å². The molecule has 4 rings (SSSR count). The predicted octanol–water partition coefficient (Wildman–Crippen LogP) is 0.663. The Hall–Kier alpha value is -2.25. The van der Waals surface area contributed by atoms with Crippen molar-refractivity contribution in [2.24, 2.45) is 11.1 Å². The third-order valence-electron chi connectivity index (χ3n) is 6.56. The molecule has 27 heavy (non-hydrogen) atoms. The number of amides is 3. The highest BCUT2D eigenvalue weighted by atomic mass is 16.2. The molecule has 1 aromatic rings. The Morgan fingerprint density at radius 3 is 2.74 bits per heavy atom. The summed E-state index contributed by atoms with van der Waals surface area (Å²) in [6, 6.07) is 5.72. The number of rotatable bonds is 4. The number of fused-ring (bicyclic) bond motifs is 1. The minimum atomic E-state index is -0.577. The van der Waals surface area contributed by atoms with Crippen LogP contribution in [0.5, 0.6) is 0 Å². The molecule has 2 heterocycles. The van der Waals surface area contributed by atoms with Gasteiger partial charge in [0.05, 0.1) is 0 Å².